The molecule has 0 aliphatic heterocycles. The normalized spacial score (nSPS) is 10.2. The van der Waals surface area contributed by atoms with Crippen molar-refractivity contribution < 1.29 is 18.8 Å². The summed E-state index contributed by atoms with van der Waals surface area (Å²) < 4.78 is 15.2. The summed E-state index contributed by atoms with van der Waals surface area (Å²) >= 11 is 0. The van der Waals surface area contributed by atoms with E-state index in [2.05, 4.69) is 10.1 Å². The molecule has 2 rings (SSSR count). The number of aryl methyl sites for hydroxylation is 1. The molecule has 0 N–H and O–H groups in total. The van der Waals surface area contributed by atoms with Gasteiger partial charge >= 0.3 is 5.97 Å². The van der Waals surface area contributed by atoms with Crippen molar-refractivity contribution in [2.75, 3.05) is 6.61 Å². The number of hydrogen-bond acceptors (Lipinski definition) is 6. The van der Waals surface area contributed by atoms with Gasteiger partial charge in [-0.1, -0.05) is 5.16 Å². The van der Waals surface area contributed by atoms with E-state index in [0.29, 0.717) is 29.6 Å². The molecule has 1 aromatic heterocycles. The second-order valence-corrected chi connectivity index (χ2v) is 3.76. The highest BCUT2D eigenvalue weighted by Gasteiger charge is 2.07. The fourth-order valence-corrected chi connectivity index (χ4v) is 1.45. The van der Waals surface area contributed by atoms with Crippen LogP contribution < -0.4 is 4.74 Å². The van der Waals surface area contributed by atoms with E-state index in [4.69, 9.17) is 14.0 Å². The highest BCUT2D eigenvalue weighted by molar-refractivity contribution is 5.89. The number of esters is 1. The summed E-state index contributed by atoms with van der Waals surface area (Å²) in [6.07, 6.45) is 0. The minimum atomic E-state index is -0.345. The van der Waals surface area contributed by atoms with Gasteiger partial charge in [0.2, 0.25) is 11.7 Å². The van der Waals surface area contributed by atoms with Crippen LogP contribution in [0.3, 0.4) is 0 Å². The number of aromatic nitrogens is 2. The first-order valence-electron chi connectivity index (χ1n) is 5.88. The first-order valence-corrected chi connectivity index (χ1v) is 5.88. The molecule has 6 nitrogen and oxygen atoms in total. The third-order valence-electron chi connectivity index (χ3n) is 2.30. The van der Waals surface area contributed by atoms with Crippen molar-refractivity contribution in [3.05, 3.63) is 41.5 Å². The van der Waals surface area contributed by atoms with E-state index in [1.165, 1.54) is 0 Å². The lowest BCUT2D eigenvalue weighted by Crippen LogP contribution is -2.04. The molecule has 1 aromatic carbocycles. The van der Waals surface area contributed by atoms with Crippen molar-refractivity contribution in [1.82, 2.24) is 10.1 Å². The van der Waals surface area contributed by atoms with E-state index in [9.17, 15) is 4.79 Å². The van der Waals surface area contributed by atoms with E-state index in [1.54, 1.807) is 38.1 Å². The number of rotatable bonds is 5. The zero-order valence-corrected chi connectivity index (χ0v) is 10.8. The Bertz CT molecular complexity index is 548. The maximum Gasteiger partial charge on any atom is 0.338 e. The molecule has 1 heterocycles. The molecule has 0 bridgehead atoms. The Hall–Kier alpha value is -2.37. The predicted octanol–water partition coefficient (Wildman–Crippen LogP) is 2.13. The van der Waals surface area contributed by atoms with Crippen LogP contribution in [0.2, 0.25) is 0 Å². The SMILES string of the molecule is CCOC(=O)c1ccc(OCc2noc(C)n2)cc1. The Morgan fingerprint density at radius 2 is 2.05 bits per heavy atom. The molecule has 100 valence electrons. The van der Waals surface area contributed by atoms with E-state index in [0.717, 1.165) is 0 Å². The van der Waals surface area contributed by atoms with E-state index in [1.807, 2.05) is 0 Å². The molecule has 2 aromatic rings. The Labute approximate surface area is 110 Å². The Morgan fingerprint density at radius 3 is 2.63 bits per heavy atom. The van der Waals surface area contributed by atoms with Crippen LogP contribution in [0, 0.1) is 6.92 Å². The summed E-state index contributed by atoms with van der Waals surface area (Å²) in [5.74, 6) is 1.25. The number of carbonyl (C=O) groups is 1. The van der Waals surface area contributed by atoms with Gasteiger partial charge in [0.05, 0.1) is 12.2 Å². The van der Waals surface area contributed by atoms with Gasteiger partial charge in [0.15, 0.2) is 6.61 Å². The molecule has 0 saturated carbocycles. The van der Waals surface area contributed by atoms with Crippen molar-refractivity contribution in [1.29, 1.82) is 0 Å². The topological polar surface area (TPSA) is 74.5 Å². The zero-order chi connectivity index (χ0) is 13.7. The monoisotopic (exact) mass is 262 g/mol. The molecule has 0 spiro atoms. The minimum Gasteiger partial charge on any atom is -0.485 e. The second kappa shape index (κ2) is 5.99. The third kappa shape index (κ3) is 3.54. The summed E-state index contributed by atoms with van der Waals surface area (Å²) in [6.45, 7) is 4.05. The molecular weight excluding hydrogens is 248 g/mol. The highest BCUT2D eigenvalue weighted by Crippen LogP contribution is 2.14. The Balaban J connectivity index is 1.93. The molecule has 0 aliphatic rings. The van der Waals surface area contributed by atoms with E-state index < -0.39 is 0 Å². The average Bonchev–Trinajstić information content (AvgIpc) is 2.83. The minimum absolute atomic E-state index is 0.218. The van der Waals surface area contributed by atoms with Gasteiger partial charge in [-0.3, -0.25) is 0 Å². The molecule has 0 amide bonds. The molecule has 6 heteroatoms. The van der Waals surface area contributed by atoms with Crippen LogP contribution in [-0.4, -0.2) is 22.7 Å². The third-order valence-corrected chi connectivity index (χ3v) is 2.30. The molecule has 0 radical (unpaired) electrons. The predicted molar refractivity (Wildman–Crippen MR) is 65.8 cm³/mol. The van der Waals surface area contributed by atoms with Crippen molar-refractivity contribution in [2.45, 2.75) is 20.5 Å². The summed E-state index contributed by atoms with van der Waals surface area (Å²) in [6, 6.07) is 6.68. The quantitative estimate of drug-likeness (QED) is 0.768. The van der Waals surface area contributed by atoms with Gasteiger partial charge in [0.25, 0.3) is 0 Å². The van der Waals surface area contributed by atoms with E-state index >= 15 is 0 Å². The lowest BCUT2D eigenvalue weighted by molar-refractivity contribution is 0.0526. The van der Waals surface area contributed by atoms with Gasteiger partial charge in [-0.15, -0.1) is 0 Å². The summed E-state index contributed by atoms with van der Waals surface area (Å²) in [4.78, 5) is 15.5. The first kappa shape index (κ1) is 13.1. The maximum absolute atomic E-state index is 11.4. The van der Waals surface area contributed by atoms with Gasteiger partial charge in [0, 0.05) is 6.92 Å². The molecule has 0 unspecified atom stereocenters. The number of nitrogens with zero attached hydrogens (tertiary/aromatic N) is 2. The summed E-state index contributed by atoms with van der Waals surface area (Å²) in [7, 11) is 0. The number of hydrogen-bond donors (Lipinski definition) is 0. The van der Waals surface area contributed by atoms with Gasteiger partial charge in [-0.25, -0.2) is 4.79 Å². The molecule has 0 aliphatic carbocycles. The lowest BCUT2D eigenvalue weighted by Gasteiger charge is -2.05. The fraction of sp³-hybridized carbons (Fsp3) is 0.308. The Kier molecular flexibility index (Phi) is 4.12. The van der Waals surface area contributed by atoms with Crippen LogP contribution >= 0.6 is 0 Å². The number of ether oxygens (including phenoxy) is 2. The van der Waals surface area contributed by atoms with Crippen LogP contribution in [0.25, 0.3) is 0 Å². The first-order chi connectivity index (χ1) is 9.19. The number of benzene rings is 1. The smallest absolute Gasteiger partial charge is 0.338 e. The molecular formula is C13H14N2O4. The number of carbonyl (C=O) groups excluding carboxylic acids is 1. The van der Waals surface area contributed by atoms with Crippen molar-refractivity contribution in [2.24, 2.45) is 0 Å². The lowest BCUT2D eigenvalue weighted by atomic mass is 10.2. The second-order valence-electron chi connectivity index (χ2n) is 3.76. The molecule has 0 fully saturated rings. The van der Waals surface area contributed by atoms with Crippen molar-refractivity contribution in [3.63, 3.8) is 0 Å². The van der Waals surface area contributed by atoms with Crippen LogP contribution in [0.15, 0.2) is 28.8 Å². The van der Waals surface area contributed by atoms with Gasteiger partial charge in [-0.05, 0) is 31.2 Å². The largest absolute Gasteiger partial charge is 0.485 e. The average molecular weight is 262 g/mol. The van der Waals surface area contributed by atoms with Crippen molar-refractivity contribution in [3.8, 4) is 5.75 Å². The fourth-order valence-electron chi connectivity index (χ4n) is 1.45. The van der Waals surface area contributed by atoms with Crippen LogP contribution in [0.1, 0.15) is 29.0 Å². The summed E-state index contributed by atoms with van der Waals surface area (Å²) in [5.41, 5.74) is 0.490. The van der Waals surface area contributed by atoms with Gasteiger partial charge in [-0.2, -0.15) is 4.98 Å². The van der Waals surface area contributed by atoms with Crippen molar-refractivity contribution >= 4 is 5.97 Å². The standard InChI is InChI=1S/C13H14N2O4/c1-3-17-13(16)10-4-6-11(7-5-10)18-8-12-14-9(2)19-15-12/h4-7H,3,8H2,1-2H3. The van der Waals surface area contributed by atoms with Crippen LogP contribution in [0.5, 0.6) is 5.75 Å². The van der Waals surface area contributed by atoms with Crippen LogP contribution in [-0.2, 0) is 11.3 Å². The maximum atomic E-state index is 11.4. The van der Waals surface area contributed by atoms with E-state index in [-0.39, 0.29) is 12.6 Å². The summed E-state index contributed by atoms with van der Waals surface area (Å²) in [5, 5.41) is 3.72. The van der Waals surface area contributed by atoms with Gasteiger partial charge in [0.1, 0.15) is 5.75 Å². The molecule has 19 heavy (non-hydrogen) atoms. The van der Waals surface area contributed by atoms with Gasteiger partial charge < -0.3 is 14.0 Å². The zero-order valence-electron chi connectivity index (χ0n) is 10.8. The molecule has 0 atom stereocenters. The molecule has 0 saturated heterocycles. The van der Waals surface area contributed by atoms with Crippen LogP contribution in [0.4, 0.5) is 0 Å². The Morgan fingerprint density at radius 1 is 1.32 bits per heavy atom. The highest BCUT2D eigenvalue weighted by atomic mass is 16.5.